The van der Waals surface area contributed by atoms with Crippen LogP contribution in [0.3, 0.4) is 0 Å². The summed E-state index contributed by atoms with van der Waals surface area (Å²) in [7, 11) is 0. The normalized spacial score (nSPS) is 12.7. The third-order valence-corrected chi connectivity index (χ3v) is 8.44. The molecule has 0 fully saturated rings. The van der Waals surface area contributed by atoms with E-state index in [4.69, 9.17) is 14.9 Å². The van der Waals surface area contributed by atoms with Crippen molar-refractivity contribution in [2.75, 3.05) is 13.2 Å². The first-order valence-electron chi connectivity index (χ1n) is 18.6. The van der Waals surface area contributed by atoms with Crippen molar-refractivity contribution in [1.82, 2.24) is 10.6 Å². The molecule has 46 heavy (non-hydrogen) atoms. The average Bonchev–Trinajstić information content (AvgIpc) is 2.99. The van der Waals surface area contributed by atoms with Crippen LogP contribution in [0.25, 0.3) is 0 Å². The number of nitrogens with one attached hydrogen (secondary N) is 2. The van der Waals surface area contributed by atoms with Gasteiger partial charge in [0.1, 0.15) is 12.1 Å². The molecule has 0 aliphatic heterocycles. The number of hydrogen-bond donors (Lipinski definition) is 4. The Morgan fingerprint density at radius 1 is 0.587 bits per heavy atom. The van der Waals surface area contributed by atoms with Crippen LogP contribution < -0.4 is 10.6 Å². The van der Waals surface area contributed by atoms with Gasteiger partial charge in [-0.15, -0.1) is 0 Å². The molecule has 0 heterocycles. The summed E-state index contributed by atoms with van der Waals surface area (Å²) in [6.45, 7) is 7.93. The number of hydrogen-bond acceptors (Lipinski definition) is 6. The summed E-state index contributed by atoms with van der Waals surface area (Å²) in [6, 6.07) is -1.43. The van der Waals surface area contributed by atoms with Crippen molar-refractivity contribution in [2.24, 2.45) is 11.8 Å². The predicted octanol–water partition coefficient (Wildman–Crippen LogP) is 7.86. The summed E-state index contributed by atoms with van der Waals surface area (Å²) >= 11 is 0. The number of amides is 2. The number of esters is 1. The van der Waals surface area contributed by atoms with Gasteiger partial charge in [0.15, 0.2) is 0 Å². The van der Waals surface area contributed by atoms with Crippen LogP contribution in [0.15, 0.2) is 0 Å². The van der Waals surface area contributed by atoms with Crippen LogP contribution in [0.4, 0.5) is 0 Å². The fourth-order valence-corrected chi connectivity index (χ4v) is 5.56. The van der Waals surface area contributed by atoms with E-state index in [0.29, 0.717) is 12.8 Å². The van der Waals surface area contributed by atoms with Gasteiger partial charge in [-0.05, 0) is 31.1 Å². The molecule has 0 aliphatic rings. The zero-order valence-corrected chi connectivity index (χ0v) is 29.9. The number of unbranched alkanes of at least 4 members (excludes halogenated alkanes) is 16. The molecule has 0 aromatic rings. The maximum absolute atomic E-state index is 12.6. The van der Waals surface area contributed by atoms with Gasteiger partial charge in [-0.3, -0.25) is 14.4 Å². The van der Waals surface area contributed by atoms with Crippen LogP contribution in [-0.4, -0.2) is 59.3 Å². The maximum atomic E-state index is 12.6. The smallest absolute Gasteiger partial charge is 0.328 e. The van der Waals surface area contributed by atoms with E-state index in [1.54, 1.807) is 0 Å². The number of carboxylic acid groups (broad SMARTS) is 1. The van der Waals surface area contributed by atoms with Gasteiger partial charge < -0.3 is 25.6 Å². The second-order valence-electron chi connectivity index (χ2n) is 14.0. The number of aliphatic hydroxyl groups excluding tert-OH is 1. The van der Waals surface area contributed by atoms with Gasteiger partial charge in [0.25, 0.3) is 0 Å². The fraction of sp³-hybridized carbons (Fsp3) is 0.892. The fourth-order valence-electron chi connectivity index (χ4n) is 5.56. The van der Waals surface area contributed by atoms with Crippen LogP contribution in [0, 0.1) is 11.8 Å². The van der Waals surface area contributed by atoms with Gasteiger partial charge in [0.05, 0.1) is 19.6 Å². The molecule has 4 N–H and O–H groups in total. The Hall–Kier alpha value is -2.16. The SMILES string of the molecule is CC(C)CCCCCCCCCCCC(=O)OC(CCCCCCCCCCCC(C)C)CC(=O)NCC(=O)NC(CO)C(=O)O. The molecule has 9 nitrogen and oxygen atoms in total. The molecule has 0 aromatic carbocycles. The second kappa shape index (κ2) is 30.2. The van der Waals surface area contributed by atoms with Crippen molar-refractivity contribution in [3.63, 3.8) is 0 Å². The highest BCUT2D eigenvalue weighted by Crippen LogP contribution is 2.17. The van der Waals surface area contributed by atoms with E-state index in [9.17, 15) is 19.2 Å². The van der Waals surface area contributed by atoms with Crippen LogP contribution in [0.1, 0.15) is 175 Å². The lowest BCUT2D eigenvalue weighted by molar-refractivity contribution is -0.151. The van der Waals surface area contributed by atoms with Gasteiger partial charge in [0.2, 0.25) is 11.8 Å². The van der Waals surface area contributed by atoms with Gasteiger partial charge >= 0.3 is 11.9 Å². The highest BCUT2D eigenvalue weighted by Gasteiger charge is 2.21. The van der Waals surface area contributed by atoms with Crippen LogP contribution in [-0.2, 0) is 23.9 Å². The summed E-state index contributed by atoms with van der Waals surface area (Å²) in [5, 5.41) is 22.7. The van der Waals surface area contributed by atoms with E-state index >= 15 is 0 Å². The minimum atomic E-state index is -1.43. The topological polar surface area (TPSA) is 142 Å². The number of carbonyl (C=O) groups is 4. The molecule has 0 radical (unpaired) electrons. The highest BCUT2D eigenvalue weighted by molar-refractivity contribution is 5.88. The van der Waals surface area contributed by atoms with Crippen LogP contribution in [0.5, 0.6) is 0 Å². The van der Waals surface area contributed by atoms with E-state index in [1.807, 2.05) is 0 Å². The first kappa shape index (κ1) is 43.8. The molecule has 2 atom stereocenters. The molecular weight excluding hydrogens is 584 g/mol. The Balaban J connectivity index is 4.43. The molecule has 9 heteroatoms. The van der Waals surface area contributed by atoms with Crippen molar-refractivity contribution in [1.29, 1.82) is 0 Å². The van der Waals surface area contributed by atoms with Crippen molar-refractivity contribution >= 4 is 23.8 Å². The Labute approximate surface area is 280 Å². The molecular formula is C37H70N2O7. The van der Waals surface area contributed by atoms with Gasteiger partial charge in [-0.2, -0.15) is 0 Å². The van der Waals surface area contributed by atoms with Crippen molar-refractivity contribution < 1.29 is 34.1 Å². The average molecular weight is 655 g/mol. The van der Waals surface area contributed by atoms with Gasteiger partial charge in [0, 0.05) is 6.42 Å². The molecule has 2 unspecified atom stereocenters. The molecule has 0 rings (SSSR count). The molecule has 0 spiro atoms. The molecule has 270 valence electrons. The predicted molar refractivity (Wildman–Crippen MR) is 185 cm³/mol. The summed E-state index contributed by atoms with van der Waals surface area (Å²) < 4.78 is 5.73. The Morgan fingerprint density at radius 2 is 1.00 bits per heavy atom. The summed E-state index contributed by atoms with van der Waals surface area (Å²) in [5.74, 6) is -1.22. The lowest BCUT2D eigenvalue weighted by atomic mass is 10.0. The number of aliphatic carboxylic acids is 1. The first-order chi connectivity index (χ1) is 22.0. The minimum Gasteiger partial charge on any atom is -0.480 e. The third kappa shape index (κ3) is 29.3. The Kier molecular flexibility index (Phi) is 28.8. The standard InChI is InChI=1S/C37H70N2O7/c1-30(2)23-19-15-11-7-5-9-13-17-21-25-32(27-34(41)38-28-35(42)39-33(29-40)37(44)45)46-36(43)26-22-18-14-10-6-8-12-16-20-24-31(3)4/h30-33,40H,5-29H2,1-4H3,(H,38,41)(H,39,42)(H,44,45). The van der Waals surface area contributed by atoms with Crippen LogP contribution in [0.2, 0.25) is 0 Å². The maximum Gasteiger partial charge on any atom is 0.328 e. The number of ether oxygens (including phenoxy) is 1. The number of rotatable bonds is 32. The molecule has 0 bridgehead atoms. The van der Waals surface area contributed by atoms with E-state index in [1.165, 1.54) is 89.9 Å². The summed E-state index contributed by atoms with van der Waals surface area (Å²) in [5.41, 5.74) is 0. The number of carbonyl (C=O) groups excluding carboxylic acids is 3. The third-order valence-electron chi connectivity index (χ3n) is 8.44. The Morgan fingerprint density at radius 3 is 1.41 bits per heavy atom. The molecule has 0 saturated carbocycles. The van der Waals surface area contributed by atoms with E-state index in [0.717, 1.165) is 50.4 Å². The molecule has 0 saturated heterocycles. The zero-order chi connectivity index (χ0) is 34.4. The number of carboxylic acids is 1. The van der Waals surface area contributed by atoms with Crippen molar-refractivity contribution in [3.05, 3.63) is 0 Å². The summed E-state index contributed by atoms with van der Waals surface area (Å²) in [6.07, 6.45) is 24.1. The highest BCUT2D eigenvalue weighted by atomic mass is 16.5. The van der Waals surface area contributed by atoms with Crippen LogP contribution >= 0.6 is 0 Å². The molecule has 2 amide bonds. The van der Waals surface area contributed by atoms with E-state index < -0.39 is 43.1 Å². The van der Waals surface area contributed by atoms with Gasteiger partial charge in [-0.1, -0.05) is 143 Å². The van der Waals surface area contributed by atoms with E-state index in [2.05, 4.69) is 38.3 Å². The lowest BCUT2D eigenvalue weighted by Crippen LogP contribution is -2.47. The quantitative estimate of drug-likeness (QED) is 0.0427. The summed E-state index contributed by atoms with van der Waals surface area (Å²) in [4.78, 5) is 48.2. The van der Waals surface area contributed by atoms with Crippen molar-refractivity contribution in [2.45, 2.75) is 188 Å². The zero-order valence-electron chi connectivity index (χ0n) is 29.9. The van der Waals surface area contributed by atoms with Gasteiger partial charge in [-0.25, -0.2) is 4.79 Å². The minimum absolute atomic E-state index is 0.0467. The first-order valence-corrected chi connectivity index (χ1v) is 18.6. The molecule has 0 aromatic heterocycles. The Bertz CT molecular complexity index is 788. The monoisotopic (exact) mass is 655 g/mol. The molecule has 0 aliphatic carbocycles. The number of aliphatic hydroxyl groups is 1. The lowest BCUT2D eigenvalue weighted by Gasteiger charge is -2.18. The van der Waals surface area contributed by atoms with E-state index in [-0.39, 0.29) is 12.4 Å². The second-order valence-corrected chi connectivity index (χ2v) is 14.0. The largest absolute Gasteiger partial charge is 0.480 e. The van der Waals surface area contributed by atoms with Crippen molar-refractivity contribution in [3.8, 4) is 0 Å².